The monoisotopic (exact) mass is 293 g/mol. The van der Waals surface area contributed by atoms with Gasteiger partial charge in [-0.1, -0.05) is 0 Å². The second kappa shape index (κ2) is 6.43. The van der Waals surface area contributed by atoms with Gasteiger partial charge < -0.3 is 14.4 Å². The van der Waals surface area contributed by atoms with Crippen LogP contribution in [0, 0.1) is 10.1 Å². The molecule has 0 bridgehead atoms. The van der Waals surface area contributed by atoms with Gasteiger partial charge in [0.2, 0.25) is 5.75 Å². The van der Waals surface area contributed by atoms with E-state index in [0.29, 0.717) is 31.1 Å². The highest BCUT2D eigenvalue weighted by molar-refractivity contribution is 6.01. The van der Waals surface area contributed by atoms with Crippen LogP contribution in [-0.2, 0) is 0 Å². The van der Waals surface area contributed by atoms with Crippen molar-refractivity contribution >= 4 is 11.5 Å². The zero-order valence-electron chi connectivity index (χ0n) is 12.5. The van der Waals surface area contributed by atoms with Crippen LogP contribution in [0.1, 0.15) is 19.4 Å². The highest BCUT2D eigenvalue weighted by Gasteiger charge is 2.25. The second-order valence-electron chi connectivity index (χ2n) is 4.57. The van der Waals surface area contributed by atoms with Crippen LogP contribution >= 0.6 is 0 Å². The molecular formula is C14H19N3O4. The summed E-state index contributed by atoms with van der Waals surface area (Å²) in [5.74, 6) is 1.29. The number of nitrogens with zero attached hydrogens (tertiary/aromatic N) is 3. The second-order valence-corrected chi connectivity index (χ2v) is 4.57. The van der Waals surface area contributed by atoms with E-state index in [2.05, 4.69) is 4.99 Å². The van der Waals surface area contributed by atoms with Crippen molar-refractivity contribution in [1.82, 2.24) is 4.90 Å². The molecule has 7 heteroatoms. The summed E-state index contributed by atoms with van der Waals surface area (Å²) in [6, 6.07) is 3.25. The van der Waals surface area contributed by atoms with Gasteiger partial charge in [-0.25, -0.2) is 0 Å². The van der Waals surface area contributed by atoms with Gasteiger partial charge in [0.1, 0.15) is 5.84 Å². The lowest BCUT2D eigenvalue weighted by molar-refractivity contribution is -0.386. The Labute approximate surface area is 123 Å². The average Bonchev–Trinajstić information content (AvgIpc) is 2.87. The van der Waals surface area contributed by atoms with Crippen molar-refractivity contribution < 1.29 is 14.4 Å². The highest BCUT2D eigenvalue weighted by atomic mass is 16.6. The number of hydrogen-bond donors (Lipinski definition) is 0. The van der Waals surface area contributed by atoms with Crippen LogP contribution < -0.4 is 9.47 Å². The maximum absolute atomic E-state index is 11.3. The van der Waals surface area contributed by atoms with E-state index < -0.39 is 4.92 Å². The zero-order chi connectivity index (χ0) is 15.4. The van der Waals surface area contributed by atoms with E-state index in [9.17, 15) is 10.1 Å². The molecule has 0 radical (unpaired) electrons. The predicted octanol–water partition coefficient (Wildman–Crippen LogP) is 2.08. The van der Waals surface area contributed by atoms with Gasteiger partial charge >= 0.3 is 5.69 Å². The predicted molar refractivity (Wildman–Crippen MR) is 79.5 cm³/mol. The summed E-state index contributed by atoms with van der Waals surface area (Å²) < 4.78 is 10.9. The minimum absolute atomic E-state index is 0.0965. The van der Waals surface area contributed by atoms with Gasteiger partial charge in [0, 0.05) is 25.2 Å². The zero-order valence-corrected chi connectivity index (χ0v) is 12.5. The third-order valence-electron chi connectivity index (χ3n) is 3.14. The van der Waals surface area contributed by atoms with Crippen LogP contribution in [0.4, 0.5) is 5.69 Å². The molecule has 1 aliphatic rings. The number of nitro benzene ring substituents is 1. The summed E-state index contributed by atoms with van der Waals surface area (Å²) in [6.45, 7) is 5.84. The Morgan fingerprint density at radius 1 is 1.33 bits per heavy atom. The van der Waals surface area contributed by atoms with Crippen molar-refractivity contribution in [2.75, 3.05) is 33.4 Å². The normalized spacial score (nSPS) is 14.0. The Balaban J connectivity index is 2.55. The summed E-state index contributed by atoms with van der Waals surface area (Å²) >= 11 is 0. The number of hydrogen-bond acceptors (Lipinski definition) is 6. The number of aliphatic imine (C=N–C) groups is 1. The van der Waals surface area contributed by atoms with E-state index >= 15 is 0 Å². The Morgan fingerprint density at radius 2 is 2.05 bits per heavy atom. The summed E-state index contributed by atoms with van der Waals surface area (Å²) in [6.07, 6.45) is 0. The molecule has 114 valence electrons. The number of nitro groups is 1. The summed E-state index contributed by atoms with van der Waals surface area (Å²) in [4.78, 5) is 17.2. The molecule has 21 heavy (non-hydrogen) atoms. The first-order chi connectivity index (χ1) is 10.1. The van der Waals surface area contributed by atoms with E-state index in [-0.39, 0.29) is 11.4 Å². The van der Waals surface area contributed by atoms with E-state index in [0.717, 1.165) is 12.4 Å². The first kappa shape index (κ1) is 15.1. The van der Waals surface area contributed by atoms with Gasteiger partial charge in [0.15, 0.2) is 5.75 Å². The van der Waals surface area contributed by atoms with E-state index in [4.69, 9.17) is 9.47 Å². The van der Waals surface area contributed by atoms with E-state index in [1.165, 1.54) is 6.07 Å². The van der Waals surface area contributed by atoms with E-state index in [1.807, 2.05) is 18.9 Å². The average molecular weight is 293 g/mol. The number of benzene rings is 1. The molecule has 1 aliphatic heterocycles. The molecule has 0 aromatic heterocycles. The number of ether oxygens (including phenoxy) is 2. The number of amidine groups is 1. The van der Waals surface area contributed by atoms with Crippen molar-refractivity contribution in [2.24, 2.45) is 4.99 Å². The Bertz CT molecular complexity index is 572. The van der Waals surface area contributed by atoms with Gasteiger partial charge in [-0.05, 0) is 19.9 Å². The van der Waals surface area contributed by atoms with Crippen LogP contribution in [0.5, 0.6) is 11.5 Å². The van der Waals surface area contributed by atoms with Crippen molar-refractivity contribution in [3.8, 4) is 11.5 Å². The fourth-order valence-corrected chi connectivity index (χ4v) is 2.25. The van der Waals surface area contributed by atoms with Crippen molar-refractivity contribution in [3.05, 3.63) is 27.8 Å². The third-order valence-corrected chi connectivity index (χ3v) is 3.14. The minimum atomic E-state index is -0.452. The molecule has 0 N–H and O–H groups in total. The molecule has 0 aliphatic carbocycles. The van der Waals surface area contributed by atoms with Crippen LogP contribution in [0.25, 0.3) is 0 Å². The molecule has 0 fully saturated rings. The number of likely N-dealkylation sites (N-methyl/N-ethyl adjacent to an activating group) is 1. The SMILES string of the molecule is CCOc1cc(C2=NCCN2C)cc([N+](=O)[O-])c1OCC. The number of rotatable bonds is 6. The van der Waals surface area contributed by atoms with E-state index in [1.54, 1.807) is 13.0 Å². The smallest absolute Gasteiger partial charge is 0.315 e. The quantitative estimate of drug-likeness (QED) is 0.593. The Morgan fingerprint density at radius 3 is 2.57 bits per heavy atom. The van der Waals surface area contributed by atoms with Crippen molar-refractivity contribution in [1.29, 1.82) is 0 Å². The summed E-state index contributed by atoms with van der Waals surface area (Å²) in [5, 5.41) is 11.3. The summed E-state index contributed by atoms with van der Waals surface area (Å²) in [5.41, 5.74) is 0.578. The maximum atomic E-state index is 11.3. The van der Waals surface area contributed by atoms with Gasteiger partial charge in [0.25, 0.3) is 0 Å². The summed E-state index contributed by atoms with van der Waals surface area (Å²) in [7, 11) is 1.91. The molecule has 0 spiro atoms. The Hall–Kier alpha value is -2.31. The molecule has 7 nitrogen and oxygen atoms in total. The van der Waals surface area contributed by atoms with Gasteiger partial charge in [-0.15, -0.1) is 0 Å². The largest absolute Gasteiger partial charge is 0.490 e. The molecular weight excluding hydrogens is 274 g/mol. The first-order valence-corrected chi connectivity index (χ1v) is 6.92. The molecule has 0 saturated carbocycles. The maximum Gasteiger partial charge on any atom is 0.315 e. The van der Waals surface area contributed by atoms with Crippen LogP contribution in [0.15, 0.2) is 17.1 Å². The van der Waals surface area contributed by atoms with Gasteiger partial charge in [-0.3, -0.25) is 15.1 Å². The van der Waals surface area contributed by atoms with Crippen LogP contribution in [0.3, 0.4) is 0 Å². The van der Waals surface area contributed by atoms with Crippen LogP contribution in [0.2, 0.25) is 0 Å². The van der Waals surface area contributed by atoms with Crippen LogP contribution in [-0.4, -0.2) is 49.0 Å². The lowest BCUT2D eigenvalue weighted by Crippen LogP contribution is -2.23. The van der Waals surface area contributed by atoms with Gasteiger partial charge in [0.05, 0.1) is 24.7 Å². The molecule has 1 heterocycles. The van der Waals surface area contributed by atoms with Crippen molar-refractivity contribution in [2.45, 2.75) is 13.8 Å². The topological polar surface area (TPSA) is 77.2 Å². The Kier molecular flexibility index (Phi) is 4.62. The third kappa shape index (κ3) is 3.07. The minimum Gasteiger partial charge on any atom is -0.490 e. The molecule has 0 amide bonds. The lowest BCUT2D eigenvalue weighted by Gasteiger charge is -2.16. The highest BCUT2D eigenvalue weighted by Crippen LogP contribution is 2.39. The molecule has 0 saturated heterocycles. The fourth-order valence-electron chi connectivity index (χ4n) is 2.25. The standard InChI is InChI=1S/C14H19N3O4/c1-4-20-12-9-10(14-15-6-7-16(14)3)8-11(17(18)19)13(12)21-5-2/h8-9H,4-7H2,1-3H3. The first-order valence-electron chi connectivity index (χ1n) is 6.92. The molecule has 0 atom stereocenters. The molecule has 1 aromatic carbocycles. The van der Waals surface area contributed by atoms with Gasteiger partial charge in [-0.2, -0.15) is 0 Å². The molecule has 0 unspecified atom stereocenters. The van der Waals surface area contributed by atoms with Crippen molar-refractivity contribution in [3.63, 3.8) is 0 Å². The molecule has 2 rings (SSSR count). The molecule has 1 aromatic rings. The fraction of sp³-hybridized carbons (Fsp3) is 0.500. The lowest BCUT2D eigenvalue weighted by atomic mass is 10.1.